The first-order valence-corrected chi connectivity index (χ1v) is 10.00. The van der Waals surface area contributed by atoms with E-state index in [0.29, 0.717) is 11.3 Å². The summed E-state index contributed by atoms with van der Waals surface area (Å²) >= 11 is 4.77. The van der Waals surface area contributed by atoms with Gasteiger partial charge in [0.2, 0.25) is 10.6 Å². The first-order chi connectivity index (χ1) is 13.1. The smallest absolute Gasteiger partial charge is 0.228 e. The number of hydrogen-bond acceptors (Lipinski definition) is 5. The molecule has 0 aliphatic heterocycles. The largest absolute Gasteiger partial charge is 0.497 e. The van der Waals surface area contributed by atoms with Crippen molar-refractivity contribution < 1.29 is 9.53 Å². The van der Waals surface area contributed by atoms with Gasteiger partial charge in [-0.05, 0) is 64.4 Å². The van der Waals surface area contributed by atoms with Gasteiger partial charge in [-0.25, -0.2) is 4.68 Å². The molecule has 6 nitrogen and oxygen atoms in total. The molecule has 0 saturated heterocycles. The molecule has 3 rings (SSSR count). The van der Waals surface area contributed by atoms with Crippen LogP contribution in [-0.4, -0.2) is 27.8 Å². The van der Waals surface area contributed by atoms with Crippen LogP contribution in [0.2, 0.25) is 0 Å². The van der Waals surface area contributed by atoms with Crippen molar-refractivity contribution in [2.24, 2.45) is 0 Å². The molecule has 27 heavy (non-hydrogen) atoms. The highest BCUT2D eigenvalue weighted by Gasteiger charge is 2.13. The van der Waals surface area contributed by atoms with Crippen LogP contribution in [-0.2, 0) is 17.8 Å². The molecule has 1 amide bonds. The number of amides is 1. The SMILES string of the molecule is CCn1nc(Br)nc1Sc1ccccc1NC(=O)Cc1cccc(OC)c1. The molecule has 0 unspecified atom stereocenters. The molecule has 8 heteroatoms. The summed E-state index contributed by atoms with van der Waals surface area (Å²) in [5.74, 6) is 0.648. The van der Waals surface area contributed by atoms with E-state index in [0.717, 1.165) is 27.1 Å². The van der Waals surface area contributed by atoms with Crippen molar-refractivity contribution in [1.82, 2.24) is 14.8 Å². The predicted molar refractivity (Wildman–Crippen MR) is 109 cm³/mol. The van der Waals surface area contributed by atoms with Gasteiger partial charge in [-0.15, -0.1) is 5.10 Å². The number of halogens is 1. The van der Waals surface area contributed by atoms with Gasteiger partial charge in [-0.1, -0.05) is 24.3 Å². The highest BCUT2D eigenvalue weighted by Crippen LogP contribution is 2.33. The Morgan fingerprint density at radius 3 is 2.85 bits per heavy atom. The minimum atomic E-state index is -0.0885. The quantitative estimate of drug-likeness (QED) is 0.582. The number of anilines is 1. The lowest BCUT2D eigenvalue weighted by atomic mass is 10.1. The lowest BCUT2D eigenvalue weighted by molar-refractivity contribution is -0.115. The van der Waals surface area contributed by atoms with Crippen LogP contribution in [0.15, 0.2) is 63.3 Å². The number of benzene rings is 2. The van der Waals surface area contributed by atoms with Crippen molar-refractivity contribution in [2.75, 3.05) is 12.4 Å². The fraction of sp³-hybridized carbons (Fsp3) is 0.211. The monoisotopic (exact) mass is 446 g/mol. The predicted octanol–water partition coefficient (Wildman–Crippen LogP) is 4.40. The Morgan fingerprint density at radius 2 is 2.07 bits per heavy atom. The van der Waals surface area contributed by atoms with Crippen molar-refractivity contribution in [2.45, 2.75) is 29.9 Å². The lowest BCUT2D eigenvalue weighted by Crippen LogP contribution is -2.15. The van der Waals surface area contributed by atoms with E-state index in [-0.39, 0.29) is 12.3 Å². The van der Waals surface area contributed by atoms with Crippen LogP contribution >= 0.6 is 27.7 Å². The standard InChI is InChI=1S/C19H19BrN4O2S/c1-3-24-19(22-18(20)23-24)27-16-10-5-4-9-15(16)21-17(25)12-13-7-6-8-14(11-13)26-2/h4-11H,3,12H2,1-2H3,(H,21,25). The molecule has 0 atom stereocenters. The second kappa shape index (κ2) is 9.05. The van der Waals surface area contributed by atoms with Crippen molar-refractivity contribution in [3.8, 4) is 5.75 Å². The zero-order chi connectivity index (χ0) is 19.2. The average Bonchev–Trinajstić information content (AvgIpc) is 3.02. The average molecular weight is 447 g/mol. The molecule has 1 N–H and O–H groups in total. The molecule has 3 aromatic rings. The summed E-state index contributed by atoms with van der Waals surface area (Å²) in [6.07, 6.45) is 0.271. The number of aromatic nitrogens is 3. The molecule has 0 saturated carbocycles. The summed E-state index contributed by atoms with van der Waals surface area (Å²) < 4.78 is 7.57. The Kier molecular flexibility index (Phi) is 6.52. The maximum atomic E-state index is 12.5. The molecule has 0 fully saturated rings. The van der Waals surface area contributed by atoms with E-state index in [2.05, 4.69) is 31.3 Å². The third-order valence-corrected chi connectivity index (χ3v) is 5.17. The van der Waals surface area contributed by atoms with Gasteiger partial charge in [0.25, 0.3) is 0 Å². The van der Waals surface area contributed by atoms with Crippen LogP contribution in [0.3, 0.4) is 0 Å². The number of para-hydroxylation sites is 1. The summed E-state index contributed by atoms with van der Waals surface area (Å²) in [5, 5.41) is 8.04. The van der Waals surface area contributed by atoms with E-state index in [4.69, 9.17) is 4.74 Å². The number of carbonyl (C=O) groups excluding carboxylic acids is 1. The van der Waals surface area contributed by atoms with E-state index < -0.39 is 0 Å². The third kappa shape index (κ3) is 5.11. The van der Waals surface area contributed by atoms with E-state index in [1.165, 1.54) is 11.8 Å². The topological polar surface area (TPSA) is 69.0 Å². The minimum Gasteiger partial charge on any atom is -0.497 e. The number of ether oxygens (including phenoxy) is 1. The summed E-state index contributed by atoms with van der Waals surface area (Å²) in [4.78, 5) is 17.8. The van der Waals surface area contributed by atoms with Gasteiger partial charge in [0.05, 0.1) is 19.2 Å². The first-order valence-electron chi connectivity index (χ1n) is 8.39. The van der Waals surface area contributed by atoms with Crippen LogP contribution < -0.4 is 10.1 Å². The molecular weight excluding hydrogens is 428 g/mol. The Hall–Kier alpha value is -2.32. The Labute approximate surface area is 170 Å². The van der Waals surface area contributed by atoms with Gasteiger partial charge < -0.3 is 10.1 Å². The number of methoxy groups -OCH3 is 1. The second-order valence-corrected chi connectivity index (χ2v) is 7.37. The Balaban J connectivity index is 1.74. The van der Waals surface area contributed by atoms with Crippen LogP contribution in [0.25, 0.3) is 0 Å². The fourth-order valence-electron chi connectivity index (χ4n) is 2.50. The molecule has 2 aromatic carbocycles. The molecule has 1 aromatic heterocycles. The second-order valence-electron chi connectivity index (χ2n) is 5.65. The van der Waals surface area contributed by atoms with E-state index in [1.807, 2.05) is 60.1 Å². The van der Waals surface area contributed by atoms with E-state index in [9.17, 15) is 4.79 Å². The number of rotatable bonds is 7. The summed E-state index contributed by atoms with van der Waals surface area (Å²) in [7, 11) is 1.61. The molecule has 1 heterocycles. The summed E-state index contributed by atoms with van der Waals surface area (Å²) in [5.41, 5.74) is 1.64. The number of hydrogen-bond donors (Lipinski definition) is 1. The van der Waals surface area contributed by atoms with Gasteiger partial charge in [-0.3, -0.25) is 4.79 Å². The highest BCUT2D eigenvalue weighted by atomic mass is 79.9. The zero-order valence-electron chi connectivity index (χ0n) is 15.0. The van der Waals surface area contributed by atoms with Gasteiger partial charge >= 0.3 is 0 Å². The van der Waals surface area contributed by atoms with Crippen LogP contribution in [0.4, 0.5) is 5.69 Å². The molecule has 0 radical (unpaired) electrons. The molecule has 0 bridgehead atoms. The molecule has 0 aliphatic carbocycles. The highest BCUT2D eigenvalue weighted by molar-refractivity contribution is 9.10. The number of carbonyl (C=O) groups is 1. The Bertz CT molecular complexity index is 945. The van der Waals surface area contributed by atoms with Crippen LogP contribution in [0, 0.1) is 0 Å². The maximum absolute atomic E-state index is 12.5. The molecule has 0 spiro atoms. The lowest BCUT2D eigenvalue weighted by Gasteiger charge is -2.11. The van der Waals surface area contributed by atoms with E-state index >= 15 is 0 Å². The molecule has 140 valence electrons. The van der Waals surface area contributed by atoms with Gasteiger partial charge in [0.15, 0.2) is 5.16 Å². The van der Waals surface area contributed by atoms with E-state index in [1.54, 1.807) is 7.11 Å². The summed E-state index contributed by atoms with van der Waals surface area (Å²) in [6, 6.07) is 15.2. The van der Waals surface area contributed by atoms with Crippen molar-refractivity contribution in [3.63, 3.8) is 0 Å². The van der Waals surface area contributed by atoms with Crippen LogP contribution in [0.1, 0.15) is 12.5 Å². The van der Waals surface area contributed by atoms with Crippen LogP contribution in [0.5, 0.6) is 5.75 Å². The van der Waals surface area contributed by atoms with Crippen molar-refractivity contribution in [3.05, 3.63) is 58.8 Å². The summed E-state index contributed by atoms with van der Waals surface area (Å²) in [6.45, 7) is 2.72. The number of nitrogens with one attached hydrogen (secondary N) is 1. The number of aryl methyl sites for hydroxylation is 1. The van der Waals surface area contributed by atoms with Crippen molar-refractivity contribution in [1.29, 1.82) is 0 Å². The number of nitrogens with zero attached hydrogens (tertiary/aromatic N) is 3. The van der Waals surface area contributed by atoms with Gasteiger partial charge in [0.1, 0.15) is 5.75 Å². The molecule has 0 aliphatic rings. The van der Waals surface area contributed by atoms with Gasteiger partial charge in [-0.2, -0.15) is 4.98 Å². The zero-order valence-corrected chi connectivity index (χ0v) is 17.4. The molecular formula is C19H19BrN4O2S. The minimum absolute atomic E-state index is 0.0885. The fourth-order valence-corrected chi connectivity index (χ4v) is 3.96. The van der Waals surface area contributed by atoms with Gasteiger partial charge in [0, 0.05) is 11.4 Å². The van der Waals surface area contributed by atoms with Crippen molar-refractivity contribution >= 4 is 39.3 Å². The maximum Gasteiger partial charge on any atom is 0.228 e. The first kappa shape index (κ1) is 19.4. The third-order valence-electron chi connectivity index (χ3n) is 3.77. The normalized spacial score (nSPS) is 10.6. The Morgan fingerprint density at radius 1 is 1.26 bits per heavy atom.